The van der Waals surface area contributed by atoms with Crippen LogP contribution in [0.3, 0.4) is 0 Å². The van der Waals surface area contributed by atoms with Crippen molar-refractivity contribution in [2.75, 3.05) is 32.8 Å². The van der Waals surface area contributed by atoms with Crippen molar-refractivity contribution >= 4 is 12.0 Å². The van der Waals surface area contributed by atoms with Crippen molar-refractivity contribution < 1.29 is 28.9 Å². The number of nitrogens with one attached hydrogen (secondary N) is 1. The summed E-state index contributed by atoms with van der Waals surface area (Å²) in [4.78, 5) is 26.6. The van der Waals surface area contributed by atoms with Crippen LogP contribution in [0.15, 0.2) is 12.1 Å². The molecule has 2 atom stereocenters. The van der Waals surface area contributed by atoms with Crippen molar-refractivity contribution in [1.82, 2.24) is 10.2 Å². The third kappa shape index (κ3) is 5.56. The molecule has 1 unspecified atom stereocenters. The second-order valence-electron chi connectivity index (χ2n) is 8.94. The fourth-order valence-electron chi connectivity index (χ4n) is 3.61. The number of likely N-dealkylation sites (tertiary alicyclic amines) is 1. The van der Waals surface area contributed by atoms with Crippen molar-refractivity contribution in [3.63, 3.8) is 0 Å². The lowest BCUT2D eigenvalue weighted by molar-refractivity contribution is -0.0122. The molecule has 1 aromatic rings. The van der Waals surface area contributed by atoms with E-state index in [-0.39, 0.29) is 18.4 Å². The minimum atomic E-state index is -0.735. The minimum Gasteiger partial charge on any atom is -0.490 e. The Morgan fingerprint density at radius 3 is 2.70 bits per heavy atom. The highest BCUT2D eigenvalue weighted by molar-refractivity contribution is 5.98. The van der Waals surface area contributed by atoms with Crippen molar-refractivity contribution in [3.8, 4) is 11.5 Å². The standard InChI is InChI=1S/C22H32N2O6/c1-14-10-16(19-18(11-14)28-8-5-9-29-19)20(26)23-12-15-6-7-24(13-17(15)25)21(27)30-22(2,3)4/h10-11,15,17,25H,5-9,12-13H2,1-4H3,(H,23,26)/t15?,17-/m1/s1. The highest BCUT2D eigenvalue weighted by Gasteiger charge is 2.33. The van der Waals surface area contributed by atoms with Crippen molar-refractivity contribution in [2.24, 2.45) is 5.92 Å². The number of hydrogen-bond acceptors (Lipinski definition) is 6. The van der Waals surface area contributed by atoms with Gasteiger partial charge in [0.1, 0.15) is 5.60 Å². The van der Waals surface area contributed by atoms with E-state index in [1.165, 1.54) is 4.90 Å². The van der Waals surface area contributed by atoms with Gasteiger partial charge in [-0.1, -0.05) is 0 Å². The van der Waals surface area contributed by atoms with Gasteiger partial charge in [-0.3, -0.25) is 4.79 Å². The Kier molecular flexibility index (Phi) is 6.75. The second-order valence-corrected chi connectivity index (χ2v) is 8.94. The summed E-state index contributed by atoms with van der Waals surface area (Å²) in [6.45, 7) is 9.36. The summed E-state index contributed by atoms with van der Waals surface area (Å²) in [6.07, 6.45) is 0.174. The number of carbonyl (C=O) groups is 2. The molecule has 2 N–H and O–H groups in total. The van der Waals surface area contributed by atoms with Gasteiger partial charge in [0.05, 0.1) is 31.4 Å². The van der Waals surface area contributed by atoms with Gasteiger partial charge in [-0.15, -0.1) is 0 Å². The molecular formula is C22H32N2O6. The largest absolute Gasteiger partial charge is 0.490 e. The maximum absolute atomic E-state index is 12.8. The molecule has 8 nitrogen and oxygen atoms in total. The number of nitrogens with zero attached hydrogens (tertiary/aromatic N) is 1. The lowest BCUT2D eigenvalue weighted by atomic mass is 9.94. The number of benzene rings is 1. The van der Waals surface area contributed by atoms with E-state index in [0.717, 1.165) is 12.0 Å². The summed E-state index contributed by atoms with van der Waals surface area (Å²) in [7, 11) is 0. The topological polar surface area (TPSA) is 97.3 Å². The molecule has 1 saturated heterocycles. The van der Waals surface area contributed by atoms with E-state index in [0.29, 0.717) is 49.8 Å². The molecule has 0 saturated carbocycles. The monoisotopic (exact) mass is 420 g/mol. The zero-order valence-corrected chi connectivity index (χ0v) is 18.2. The van der Waals surface area contributed by atoms with E-state index < -0.39 is 17.8 Å². The number of aliphatic hydroxyl groups is 1. The lowest BCUT2D eigenvalue weighted by Gasteiger charge is -2.36. The molecule has 2 aliphatic heterocycles. The van der Waals surface area contributed by atoms with E-state index in [4.69, 9.17) is 14.2 Å². The molecule has 0 aromatic heterocycles. The van der Waals surface area contributed by atoms with Gasteiger partial charge in [-0.05, 0) is 51.8 Å². The molecular weight excluding hydrogens is 388 g/mol. The van der Waals surface area contributed by atoms with Crippen LogP contribution in [-0.2, 0) is 4.74 Å². The molecule has 30 heavy (non-hydrogen) atoms. The fourth-order valence-corrected chi connectivity index (χ4v) is 3.61. The fraction of sp³-hybridized carbons (Fsp3) is 0.636. The van der Waals surface area contributed by atoms with Crippen LogP contribution in [0, 0.1) is 12.8 Å². The van der Waals surface area contributed by atoms with Crippen LogP contribution in [0.25, 0.3) is 0 Å². The average molecular weight is 421 g/mol. The number of aliphatic hydroxyl groups excluding tert-OH is 1. The predicted molar refractivity (Wildman–Crippen MR) is 111 cm³/mol. The number of rotatable bonds is 3. The highest BCUT2D eigenvalue weighted by atomic mass is 16.6. The zero-order valence-electron chi connectivity index (χ0n) is 18.2. The van der Waals surface area contributed by atoms with E-state index in [2.05, 4.69) is 5.32 Å². The van der Waals surface area contributed by atoms with Crippen molar-refractivity contribution in [1.29, 1.82) is 0 Å². The number of aryl methyl sites for hydroxylation is 1. The average Bonchev–Trinajstić information content (AvgIpc) is 2.90. The van der Waals surface area contributed by atoms with Crippen LogP contribution in [0.4, 0.5) is 4.79 Å². The van der Waals surface area contributed by atoms with E-state index in [9.17, 15) is 14.7 Å². The van der Waals surface area contributed by atoms with Gasteiger partial charge in [-0.2, -0.15) is 0 Å². The third-order valence-corrected chi connectivity index (χ3v) is 5.13. The SMILES string of the molecule is Cc1cc2c(c(C(=O)NCC3CCN(C(=O)OC(C)(C)C)C[C@H]3O)c1)OCCCO2. The van der Waals surface area contributed by atoms with Crippen LogP contribution < -0.4 is 14.8 Å². The van der Waals surface area contributed by atoms with Crippen LogP contribution in [0.1, 0.15) is 49.5 Å². The quantitative estimate of drug-likeness (QED) is 0.780. The van der Waals surface area contributed by atoms with E-state index >= 15 is 0 Å². The molecule has 2 heterocycles. The number of hydrogen-bond donors (Lipinski definition) is 2. The molecule has 0 aliphatic carbocycles. The molecule has 0 bridgehead atoms. The Hall–Kier alpha value is -2.48. The second kappa shape index (κ2) is 9.12. The Balaban J connectivity index is 1.58. The van der Waals surface area contributed by atoms with Gasteiger partial charge in [0.25, 0.3) is 5.91 Å². The maximum Gasteiger partial charge on any atom is 0.410 e. The minimum absolute atomic E-state index is 0.145. The molecule has 3 rings (SSSR count). The molecule has 2 aliphatic rings. The number of piperidine rings is 1. The summed E-state index contributed by atoms with van der Waals surface area (Å²) < 4.78 is 16.8. The number of amides is 2. The molecule has 1 aromatic carbocycles. The van der Waals surface area contributed by atoms with Crippen LogP contribution in [0.2, 0.25) is 0 Å². The van der Waals surface area contributed by atoms with Crippen molar-refractivity contribution in [3.05, 3.63) is 23.3 Å². The summed E-state index contributed by atoms with van der Waals surface area (Å²) in [6, 6.07) is 3.65. The van der Waals surface area contributed by atoms with Gasteiger partial charge in [0.2, 0.25) is 0 Å². The van der Waals surface area contributed by atoms with Crippen LogP contribution in [-0.4, -0.2) is 66.6 Å². The number of ether oxygens (including phenoxy) is 3. The van der Waals surface area contributed by atoms with Crippen molar-refractivity contribution in [2.45, 2.75) is 52.2 Å². The van der Waals surface area contributed by atoms with Crippen LogP contribution in [0.5, 0.6) is 11.5 Å². The molecule has 166 valence electrons. The van der Waals surface area contributed by atoms with Gasteiger partial charge in [0, 0.05) is 25.4 Å². The summed E-state index contributed by atoms with van der Waals surface area (Å²) in [5.74, 6) is 0.648. The summed E-state index contributed by atoms with van der Waals surface area (Å²) in [5, 5.41) is 13.4. The highest BCUT2D eigenvalue weighted by Crippen LogP contribution is 2.34. The lowest BCUT2D eigenvalue weighted by Crippen LogP contribution is -2.50. The van der Waals surface area contributed by atoms with Gasteiger partial charge in [-0.25, -0.2) is 4.79 Å². The smallest absolute Gasteiger partial charge is 0.410 e. The molecule has 2 amide bonds. The number of β-amino-alcohol motifs (C(OH)–C–C–N with tert-alkyl or cyclic N) is 1. The zero-order chi connectivity index (χ0) is 21.9. The Morgan fingerprint density at radius 1 is 1.27 bits per heavy atom. The third-order valence-electron chi connectivity index (χ3n) is 5.13. The molecule has 0 radical (unpaired) electrons. The molecule has 0 spiro atoms. The first-order chi connectivity index (χ1) is 14.1. The predicted octanol–water partition coefficient (Wildman–Crippen LogP) is 2.50. The first-order valence-electron chi connectivity index (χ1n) is 10.5. The van der Waals surface area contributed by atoms with Crippen LogP contribution >= 0.6 is 0 Å². The Labute approximate surface area is 177 Å². The van der Waals surface area contributed by atoms with E-state index in [1.807, 2.05) is 33.8 Å². The summed E-state index contributed by atoms with van der Waals surface area (Å²) in [5.41, 5.74) is 0.771. The molecule has 1 fully saturated rings. The maximum atomic E-state index is 12.8. The Bertz CT molecular complexity index is 789. The van der Waals surface area contributed by atoms with E-state index in [1.54, 1.807) is 6.07 Å². The Morgan fingerprint density at radius 2 is 2.00 bits per heavy atom. The molecule has 8 heteroatoms. The number of fused-ring (bicyclic) bond motifs is 1. The number of carbonyl (C=O) groups excluding carboxylic acids is 2. The first kappa shape index (κ1) is 22.2. The van der Waals surface area contributed by atoms with Gasteiger partial charge in [0.15, 0.2) is 11.5 Å². The first-order valence-corrected chi connectivity index (χ1v) is 10.5. The normalized spacial score (nSPS) is 21.6. The summed E-state index contributed by atoms with van der Waals surface area (Å²) >= 11 is 0. The van der Waals surface area contributed by atoms with Gasteiger partial charge >= 0.3 is 6.09 Å². The van der Waals surface area contributed by atoms with Gasteiger partial charge < -0.3 is 29.5 Å².